The van der Waals surface area contributed by atoms with E-state index in [4.69, 9.17) is 5.73 Å². The fraction of sp³-hybridized carbons (Fsp3) is 1.00. The third kappa shape index (κ3) is 3.18. The Balaban J connectivity index is 2.52. The van der Waals surface area contributed by atoms with Crippen molar-refractivity contribution >= 4 is 0 Å². The molecule has 2 nitrogen and oxygen atoms in total. The summed E-state index contributed by atoms with van der Waals surface area (Å²) in [5.74, 6) is 0.933. The van der Waals surface area contributed by atoms with Crippen LogP contribution < -0.4 is 5.73 Å². The topological polar surface area (TPSA) is 29.3 Å². The van der Waals surface area contributed by atoms with Gasteiger partial charge in [0.25, 0.3) is 0 Å². The van der Waals surface area contributed by atoms with Crippen molar-refractivity contribution in [2.75, 3.05) is 19.6 Å². The van der Waals surface area contributed by atoms with E-state index in [2.05, 4.69) is 25.7 Å². The Kier molecular flexibility index (Phi) is 5.07. The molecular weight excluding hydrogens is 184 g/mol. The van der Waals surface area contributed by atoms with E-state index < -0.39 is 0 Å². The van der Waals surface area contributed by atoms with E-state index >= 15 is 0 Å². The fourth-order valence-corrected chi connectivity index (χ4v) is 2.73. The van der Waals surface area contributed by atoms with E-state index in [1.54, 1.807) is 0 Å². The number of rotatable bonds is 6. The number of nitrogens with two attached hydrogens (primary N) is 1. The monoisotopic (exact) mass is 212 g/mol. The normalized spacial score (nSPS) is 22.2. The lowest BCUT2D eigenvalue weighted by Gasteiger charge is -2.41. The molecule has 0 heterocycles. The minimum Gasteiger partial charge on any atom is -0.329 e. The molecular formula is C13H28N2. The van der Waals surface area contributed by atoms with Gasteiger partial charge in [-0.25, -0.2) is 0 Å². The molecule has 2 N–H and O–H groups in total. The standard InChI is InChI=1S/C13H28N2/c1-4-13(3,11-14)15(5-2)10-12-8-6-7-9-12/h12H,4-11,14H2,1-3H3. The molecule has 1 fully saturated rings. The molecule has 1 unspecified atom stereocenters. The van der Waals surface area contributed by atoms with Gasteiger partial charge in [-0.15, -0.1) is 0 Å². The van der Waals surface area contributed by atoms with Crippen molar-refractivity contribution in [2.45, 2.75) is 58.4 Å². The van der Waals surface area contributed by atoms with Crippen LogP contribution in [0.2, 0.25) is 0 Å². The Bertz CT molecular complexity index is 169. The van der Waals surface area contributed by atoms with Gasteiger partial charge in [0.1, 0.15) is 0 Å². The van der Waals surface area contributed by atoms with Crippen LogP contribution in [-0.2, 0) is 0 Å². The molecule has 15 heavy (non-hydrogen) atoms. The van der Waals surface area contributed by atoms with Crippen molar-refractivity contribution in [2.24, 2.45) is 11.7 Å². The SMILES string of the molecule is CCN(CC1CCCC1)C(C)(CC)CN. The first-order valence-electron chi connectivity index (χ1n) is 6.61. The number of nitrogens with zero attached hydrogens (tertiary/aromatic N) is 1. The first kappa shape index (κ1) is 13.0. The highest BCUT2D eigenvalue weighted by Gasteiger charge is 2.29. The summed E-state index contributed by atoms with van der Waals surface area (Å²) in [7, 11) is 0. The average molecular weight is 212 g/mol. The summed E-state index contributed by atoms with van der Waals surface area (Å²) in [6, 6.07) is 0. The van der Waals surface area contributed by atoms with Crippen LogP contribution in [0.1, 0.15) is 52.9 Å². The average Bonchev–Trinajstić information content (AvgIpc) is 2.77. The molecule has 0 aliphatic heterocycles. The van der Waals surface area contributed by atoms with Crippen molar-refractivity contribution < 1.29 is 0 Å². The lowest BCUT2D eigenvalue weighted by Crippen LogP contribution is -2.52. The molecule has 0 spiro atoms. The lowest BCUT2D eigenvalue weighted by molar-refractivity contribution is 0.0931. The van der Waals surface area contributed by atoms with Crippen LogP contribution in [0, 0.1) is 5.92 Å². The number of hydrogen-bond acceptors (Lipinski definition) is 2. The quantitative estimate of drug-likeness (QED) is 0.733. The highest BCUT2D eigenvalue weighted by atomic mass is 15.2. The maximum absolute atomic E-state index is 5.93. The third-order valence-electron chi connectivity index (χ3n) is 4.30. The first-order chi connectivity index (χ1) is 7.16. The zero-order valence-corrected chi connectivity index (χ0v) is 10.8. The van der Waals surface area contributed by atoms with Gasteiger partial charge in [0.2, 0.25) is 0 Å². The van der Waals surface area contributed by atoms with Gasteiger partial charge in [-0.1, -0.05) is 26.7 Å². The second kappa shape index (κ2) is 5.86. The van der Waals surface area contributed by atoms with E-state index in [9.17, 15) is 0 Å². The van der Waals surface area contributed by atoms with Crippen LogP contribution in [0.3, 0.4) is 0 Å². The van der Waals surface area contributed by atoms with Gasteiger partial charge >= 0.3 is 0 Å². The maximum atomic E-state index is 5.93. The molecule has 1 aliphatic carbocycles. The maximum Gasteiger partial charge on any atom is 0.0300 e. The minimum absolute atomic E-state index is 0.220. The van der Waals surface area contributed by atoms with Gasteiger partial charge < -0.3 is 5.73 Å². The summed E-state index contributed by atoms with van der Waals surface area (Å²) in [6.07, 6.45) is 6.90. The van der Waals surface area contributed by atoms with Crippen molar-refractivity contribution in [1.29, 1.82) is 0 Å². The zero-order chi connectivity index (χ0) is 11.3. The van der Waals surface area contributed by atoms with E-state index in [0.717, 1.165) is 25.4 Å². The van der Waals surface area contributed by atoms with Crippen LogP contribution in [0.15, 0.2) is 0 Å². The van der Waals surface area contributed by atoms with E-state index in [-0.39, 0.29) is 5.54 Å². The summed E-state index contributed by atoms with van der Waals surface area (Å²) < 4.78 is 0. The molecule has 1 atom stereocenters. The molecule has 0 aromatic heterocycles. The van der Waals surface area contributed by atoms with Gasteiger partial charge in [-0.05, 0) is 38.6 Å². The lowest BCUT2D eigenvalue weighted by atomic mass is 9.94. The zero-order valence-electron chi connectivity index (χ0n) is 10.8. The predicted molar refractivity (Wildman–Crippen MR) is 67.0 cm³/mol. The summed E-state index contributed by atoms with van der Waals surface area (Å²) in [6.45, 7) is 10.0. The summed E-state index contributed by atoms with van der Waals surface area (Å²) in [5, 5.41) is 0. The third-order valence-corrected chi connectivity index (χ3v) is 4.30. The van der Waals surface area contributed by atoms with E-state index in [0.29, 0.717) is 0 Å². The molecule has 0 bridgehead atoms. The van der Waals surface area contributed by atoms with Gasteiger partial charge in [-0.3, -0.25) is 4.90 Å². The van der Waals surface area contributed by atoms with Crippen LogP contribution in [0.4, 0.5) is 0 Å². The molecule has 0 radical (unpaired) electrons. The Morgan fingerprint density at radius 3 is 2.27 bits per heavy atom. The van der Waals surface area contributed by atoms with Crippen molar-refractivity contribution in [3.8, 4) is 0 Å². The number of hydrogen-bond donors (Lipinski definition) is 1. The van der Waals surface area contributed by atoms with Gasteiger partial charge in [0, 0.05) is 18.6 Å². The molecule has 0 aromatic carbocycles. The van der Waals surface area contributed by atoms with Gasteiger partial charge in [0.05, 0.1) is 0 Å². The van der Waals surface area contributed by atoms with Crippen molar-refractivity contribution in [3.63, 3.8) is 0 Å². The predicted octanol–water partition coefficient (Wildman–Crippen LogP) is 2.63. The number of likely N-dealkylation sites (N-methyl/N-ethyl adjacent to an activating group) is 1. The second-order valence-electron chi connectivity index (χ2n) is 5.24. The van der Waals surface area contributed by atoms with Crippen molar-refractivity contribution in [1.82, 2.24) is 4.90 Å². The van der Waals surface area contributed by atoms with Crippen LogP contribution in [0.25, 0.3) is 0 Å². The van der Waals surface area contributed by atoms with Crippen LogP contribution >= 0.6 is 0 Å². The van der Waals surface area contributed by atoms with Crippen LogP contribution in [-0.4, -0.2) is 30.1 Å². The van der Waals surface area contributed by atoms with E-state index in [1.807, 2.05) is 0 Å². The molecule has 2 heteroatoms. The Labute approximate surface area is 95.2 Å². The highest BCUT2D eigenvalue weighted by Crippen LogP contribution is 2.28. The summed E-state index contributed by atoms with van der Waals surface area (Å²) in [5.41, 5.74) is 6.15. The molecule has 1 rings (SSSR count). The fourth-order valence-electron chi connectivity index (χ4n) is 2.73. The molecule has 90 valence electrons. The molecule has 1 aliphatic rings. The Hall–Kier alpha value is -0.0800. The van der Waals surface area contributed by atoms with Gasteiger partial charge in [0.15, 0.2) is 0 Å². The van der Waals surface area contributed by atoms with Crippen molar-refractivity contribution in [3.05, 3.63) is 0 Å². The Morgan fingerprint density at radius 1 is 1.27 bits per heavy atom. The summed E-state index contributed by atoms with van der Waals surface area (Å²) >= 11 is 0. The molecule has 0 saturated heterocycles. The van der Waals surface area contributed by atoms with E-state index in [1.165, 1.54) is 32.2 Å². The first-order valence-corrected chi connectivity index (χ1v) is 6.61. The minimum atomic E-state index is 0.220. The van der Waals surface area contributed by atoms with Crippen LogP contribution in [0.5, 0.6) is 0 Å². The molecule has 0 aromatic rings. The van der Waals surface area contributed by atoms with Gasteiger partial charge in [-0.2, -0.15) is 0 Å². The highest BCUT2D eigenvalue weighted by molar-refractivity contribution is 4.87. The second-order valence-corrected chi connectivity index (χ2v) is 5.24. The molecule has 0 amide bonds. The smallest absolute Gasteiger partial charge is 0.0300 e. The Morgan fingerprint density at radius 2 is 1.87 bits per heavy atom. The molecule has 1 saturated carbocycles. The summed E-state index contributed by atoms with van der Waals surface area (Å²) in [4.78, 5) is 2.60. The largest absolute Gasteiger partial charge is 0.329 e.